The Morgan fingerprint density at radius 3 is 2.38 bits per heavy atom. The van der Waals surface area contributed by atoms with Crippen LogP contribution in [-0.4, -0.2) is 54.2 Å². The molecule has 24 heavy (non-hydrogen) atoms. The van der Waals surface area contributed by atoms with Gasteiger partial charge in [-0.2, -0.15) is 0 Å². The Morgan fingerprint density at radius 2 is 1.79 bits per heavy atom. The molecular weight excluding hydrogens is 309 g/mol. The van der Waals surface area contributed by atoms with E-state index < -0.39 is 5.97 Å². The number of anilines is 1. The first-order valence-electron chi connectivity index (χ1n) is 7.90. The number of benzene rings is 1. The molecule has 1 aromatic heterocycles. The number of likely N-dealkylation sites (N-methyl/N-ethyl adjacent to an activating group) is 1. The van der Waals surface area contributed by atoms with Gasteiger partial charge in [-0.05, 0) is 37.7 Å². The second-order valence-electron chi connectivity index (χ2n) is 6.11. The van der Waals surface area contributed by atoms with Crippen LogP contribution in [-0.2, 0) is 0 Å². The van der Waals surface area contributed by atoms with Gasteiger partial charge in [-0.25, -0.2) is 14.2 Å². The molecule has 2 heterocycles. The summed E-state index contributed by atoms with van der Waals surface area (Å²) in [5, 5.41) is 9.78. The molecule has 0 unspecified atom stereocenters. The summed E-state index contributed by atoms with van der Waals surface area (Å²) in [6, 6.07) is 7.63. The first kappa shape index (κ1) is 16.4. The Morgan fingerprint density at radius 1 is 1.17 bits per heavy atom. The molecule has 2 aromatic rings. The van der Waals surface area contributed by atoms with Gasteiger partial charge in [0.1, 0.15) is 17.2 Å². The number of piperazine rings is 1. The number of carbonyl (C=O) groups is 1. The first-order valence-corrected chi connectivity index (χ1v) is 7.90. The van der Waals surface area contributed by atoms with Crippen molar-refractivity contribution in [3.05, 3.63) is 47.4 Å². The highest BCUT2D eigenvalue weighted by molar-refractivity contribution is 6.01. The van der Waals surface area contributed by atoms with E-state index in [2.05, 4.69) is 9.88 Å². The summed E-state index contributed by atoms with van der Waals surface area (Å²) in [5.74, 6) is -0.869. The molecular formula is C18H20FN3O2. The van der Waals surface area contributed by atoms with E-state index in [1.807, 2.05) is 18.9 Å². The largest absolute Gasteiger partial charge is 0.478 e. The van der Waals surface area contributed by atoms with Crippen molar-refractivity contribution >= 4 is 11.8 Å². The summed E-state index contributed by atoms with van der Waals surface area (Å²) in [5.41, 5.74) is 2.17. The Labute approximate surface area is 140 Å². The Kier molecular flexibility index (Phi) is 4.49. The fourth-order valence-electron chi connectivity index (χ4n) is 2.97. The minimum Gasteiger partial charge on any atom is -0.478 e. The smallest absolute Gasteiger partial charge is 0.340 e. The molecule has 1 saturated heterocycles. The summed E-state index contributed by atoms with van der Waals surface area (Å²) in [4.78, 5) is 20.7. The standard InChI is InChI=1S/C18H20FN3O2/c1-12-11-15(13-3-5-14(19)6-4-13)16(18(23)24)17(20-12)22-9-7-21(2)8-10-22/h3-6,11H,7-10H2,1-2H3,(H,23,24). The predicted molar refractivity (Wildman–Crippen MR) is 91.0 cm³/mol. The maximum atomic E-state index is 13.2. The molecule has 0 atom stereocenters. The van der Waals surface area contributed by atoms with Gasteiger partial charge in [0.25, 0.3) is 0 Å². The summed E-state index contributed by atoms with van der Waals surface area (Å²) >= 11 is 0. The van der Waals surface area contributed by atoms with Gasteiger partial charge in [-0.1, -0.05) is 12.1 Å². The number of nitrogens with zero attached hydrogens (tertiary/aromatic N) is 3. The van der Waals surface area contributed by atoms with E-state index in [4.69, 9.17) is 0 Å². The molecule has 5 nitrogen and oxygen atoms in total. The lowest BCUT2D eigenvalue weighted by Gasteiger charge is -2.34. The van der Waals surface area contributed by atoms with Crippen LogP contribution >= 0.6 is 0 Å². The van der Waals surface area contributed by atoms with E-state index >= 15 is 0 Å². The van der Waals surface area contributed by atoms with Crippen LogP contribution in [0.25, 0.3) is 11.1 Å². The van der Waals surface area contributed by atoms with E-state index in [-0.39, 0.29) is 11.4 Å². The van der Waals surface area contributed by atoms with Crippen LogP contribution in [0.2, 0.25) is 0 Å². The molecule has 0 radical (unpaired) electrons. The number of halogens is 1. The highest BCUT2D eigenvalue weighted by Gasteiger charge is 2.25. The number of aryl methyl sites for hydroxylation is 1. The topological polar surface area (TPSA) is 56.7 Å². The average molecular weight is 329 g/mol. The second kappa shape index (κ2) is 6.57. The number of pyridine rings is 1. The highest BCUT2D eigenvalue weighted by atomic mass is 19.1. The van der Waals surface area contributed by atoms with Crippen LogP contribution < -0.4 is 4.90 Å². The number of carboxylic acid groups (broad SMARTS) is 1. The molecule has 0 bridgehead atoms. The lowest BCUT2D eigenvalue weighted by Crippen LogP contribution is -2.45. The van der Waals surface area contributed by atoms with Gasteiger partial charge in [0.15, 0.2) is 0 Å². The maximum absolute atomic E-state index is 13.2. The molecule has 0 spiro atoms. The Bertz CT molecular complexity index is 754. The minimum atomic E-state index is -1.02. The van der Waals surface area contributed by atoms with Crippen molar-refractivity contribution in [2.45, 2.75) is 6.92 Å². The van der Waals surface area contributed by atoms with E-state index in [0.29, 0.717) is 16.9 Å². The zero-order valence-corrected chi connectivity index (χ0v) is 13.8. The second-order valence-corrected chi connectivity index (χ2v) is 6.11. The third-order valence-corrected chi connectivity index (χ3v) is 4.30. The highest BCUT2D eigenvalue weighted by Crippen LogP contribution is 2.31. The van der Waals surface area contributed by atoms with Gasteiger partial charge in [0.05, 0.1) is 0 Å². The first-order chi connectivity index (χ1) is 11.5. The third kappa shape index (κ3) is 3.23. The van der Waals surface area contributed by atoms with Crippen LogP contribution in [0.15, 0.2) is 30.3 Å². The van der Waals surface area contributed by atoms with Crippen molar-refractivity contribution in [3.63, 3.8) is 0 Å². The van der Waals surface area contributed by atoms with E-state index in [1.54, 1.807) is 18.2 Å². The number of rotatable bonds is 3. The van der Waals surface area contributed by atoms with Crippen LogP contribution in [0.1, 0.15) is 16.1 Å². The Balaban J connectivity index is 2.12. The quantitative estimate of drug-likeness (QED) is 0.938. The summed E-state index contributed by atoms with van der Waals surface area (Å²) < 4.78 is 13.2. The van der Waals surface area contributed by atoms with Gasteiger partial charge in [-0.3, -0.25) is 0 Å². The van der Waals surface area contributed by atoms with E-state index in [1.165, 1.54) is 12.1 Å². The molecule has 0 amide bonds. The molecule has 1 N–H and O–H groups in total. The Hall–Kier alpha value is -2.47. The van der Waals surface area contributed by atoms with Crippen molar-refractivity contribution < 1.29 is 14.3 Å². The van der Waals surface area contributed by atoms with Crippen molar-refractivity contribution in [2.75, 3.05) is 38.1 Å². The maximum Gasteiger partial charge on any atom is 0.340 e. The van der Waals surface area contributed by atoms with Crippen molar-refractivity contribution in [1.82, 2.24) is 9.88 Å². The molecule has 0 aliphatic carbocycles. The molecule has 1 fully saturated rings. The normalized spacial score (nSPS) is 15.5. The monoisotopic (exact) mass is 329 g/mol. The molecule has 1 aliphatic heterocycles. The molecule has 3 rings (SSSR count). The molecule has 126 valence electrons. The molecule has 0 saturated carbocycles. The van der Waals surface area contributed by atoms with Gasteiger partial charge in [0.2, 0.25) is 0 Å². The number of hydrogen-bond acceptors (Lipinski definition) is 4. The number of aromatic carboxylic acids is 1. The lowest BCUT2D eigenvalue weighted by molar-refractivity contribution is 0.0698. The van der Waals surface area contributed by atoms with Crippen molar-refractivity contribution in [3.8, 4) is 11.1 Å². The number of aromatic nitrogens is 1. The molecule has 1 aliphatic rings. The average Bonchev–Trinajstić information content (AvgIpc) is 2.55. The van der Waals surface area contributed by atoms with Crippen molar-refractivity contribution in [2.24, 2.45) is 0 Å². The fraction of sp³-hybridized carbons (Fsp3) is 0.333. The van der Waals surface area contributed by atoms with Crippen LogP contribution in [0.5, 0.6) is 0 Å². The van der Waals surface area contributed by atoms with E-state index in [0.717, 1.165) is 31.9 Å². The summed E-state index contributed by atoms with van der Waals surface area (Å²) in [7, 11) is 2.04. The minimum absolute atomic E-state index is 0.178. The molecule has 1 aromatic carbocycles. The number of carboxylic acids is 1. The van der Waals surface area contributed by atoms with Crippen LogP contribution in [0.3, 0.4) is 0 Å². The molecule has 6 heteroatoms. The van der Waals surface area contributed by atoms with Gasteiger partial charge in [0, 0.05) is 37.4 Å². The fourth-order valence-corrected chi connectivity index (χ4v) is 2.97. The van der Waals surface area contributed by atoms with Crippen LogP contribution in [0.4, 0.5) is 10.2 Å². The summed E-state index contributed by atoms with van der Waals surface area (Å²) in [6.45, 7) is 5.03. The SMILES string of the molecule is Cc1cc(-c2ccc(F)cc2)c(C(=O)O)c(N2CCN(C)CC2)n1. The van der Waals surface area contributed by atoms with Gasteiger partial charge >= 0.3 is 5.97 Å². The van der Waals surface area contributed by atoms with Gasteiger partial charge < -0.3 is 14.9 Å². The third-order valence-electron chi connectivity index (χ3n) is 4.30. The van der Waals surface area contributed by atoms with Crippen LogP contribution in [0, 0.1) is 12.7 Å². The van der Waals surface area contributed by atoms with E-state index in [9.17, 15) is 14.3 Å². The zero-order valence-electron chi connectivity index (χ0n) is 13.8. The number of hydrogen-bond donors (Lipinski definition) is 1. The summed E-state index contributed by atoms with van der Waals surface area (Å²) in [6.07, 6.45) is 0. The lowest BCUT2D eigenvalue weighted by atomic mass is 9.99. The predicted octanol–water partition coefficient (Wildman–Crippen LogP) is 2.65. The zero-order chi connectivity index (χ0) is 17.3. The van der Waals surface area contributed by atoms with Crippen molar-refractivity contribution in [1.29, 1.82) is 0 Å². The van der Waals surface area contributed by atoms with Gasteiger partial charge in [-0.15, -0.1) is 0 Å².